The molecule has 200 valence electrons. The summed E-state index contributed by atoms with van der Waals surface area (Å²) in [7, 11) is -4.29. The van der Waals surface area contributed by atoms with Gasteiger partial charge in [-0.15, -0.1) is 11.8 Å². The van der Waals surface area contributed by atoms with Crippen LogP contribution >= 0.6 is 11.8 Å². The van der Waals surface area contributed by atoms with Crippen molar-refractivity contribution in [2.24, 2.45) is 5.73 Å². The average Bonchev–Trinajstić information content (AvgIpc) is 3.10. The fourth-order valence-corrected chi connectivity index (χ4v) is 6.31. The Hall–Kier alpha value is -3.17. The van der Waals surface area contributed by atoms with Crippen LogP contribution in [0.3, 0.4) is 0 Å². The summed E-state index contributed by atoms with van der Waals surface area (Å²) in [6.07, 6.45) is 0. The number of fused-ring (bicyclic) bond motifs is 1. The van der Waals surface area contributed by atoms with Crippen molar-refractivity contribution in [2.45, 2.75) is 47.0 Å². The molecule has 4 atom stereocenters. The van der Waals surface area contributed by atoms with Crippen LogP contribution in [-0.2, 0) is 24.5 Å². The molecule has 0 unspecified atom stereocenters. The summed E-state index contributed by atoms with van der Waals surface area (Å²) in [6.45, 7) is 2.93. The van der Waals surface area contributed by atoms with E-state index in [1.807, 2.05) is 6.07 Å². The monoisotopic (exact) mass is 553 g/mol. The van der Waals surface area contributed by atoms with Gasteiger partial charge in [0.25, 0.3) is 10.1 Å². The minimum Gasteiger partial charge on any atom is -0.480 e. The van der Waals surface area contributed by atoms with Crippen LogP contribution in [0.4, 0.5) is 0 Å². The highest BCUT2D eigenvalue weighted by Crippen LogP contribution is 2.50. The zero-order valence-corrected chi connectivity index (χ0v) is 21.5. The number of nitrogens with zero attached hydrogens (tertiary/aromatic N) is 1. The summed E-state index contributed by atoms with van der Waals surface area (Å²) in [5.74, 6) is -1.93. The van der Waals surface area contributed by atoms with Crippen molar-refractivity contribution in [1.82, 2.24) is 10.2 Å². The second-order valence-corrected chi connectivity index (χ2v) is 11.8. The Balaban J connectivity index is 0.000000248. The van der Waals surface area contributed by atoms with Gasteiger partial charge < -0.3 is 30.9 Å². The molecule has 0 aromatic heterocycles. The molecule has 2 fully saturated rings. The molecule has 37 heavy (non-hydrogen) atoms. The third-order valence-electron chi connectivity index (χ3n) is 5.76. The van der Waals surface area contributed by atoms with Crippen LogP contribution in [0.25, 0.3) is 0 Å². The molecule has 12 nitrogen and oxygen atoms in total. The molecular formula is C23H27N3O9S2. The second kappa shape index (κ2) is 11.1. The first-order valence-electron chi connectivity index (χ1n) is 10.9. The molecule has 0 spiro atoms. The Labute approximate surface area is 217 Å². The van der Waals surface area contributed by atoms with Crippen LogP contribution in [0, 0.1) is 0 Å². The Kier molecular flexibility index (Phi) is 8.49. The van der Waals surface area contributed by atoms with E-state index in [0.29, 0.717) is 5.56 Å². The first-order chi connectivity index (χ1) is 17.3. The van der Waals surface area contributed by atoms with Gasteiger partial charge in [0.2, 0.25) is 11.8 Å². The summed E-state index contributed by atoms with van der Waals surface area (Å²) in [5, 5.41) is 20.1. The van der Waals surface area contributed by atoms with E-state index in [1.54, 1.807) is 38.1 Å². The van der Waals surface area contributed by atoms with Crippen molar-refractivity contribution in [1.29, 1.82) is 0 Å². The Morgan fingerprint density at radius 1 is 1.16 bits per heavy atom. The van der Waals surface area contributed by atoms with Gasteiger partial charge in [-0.1, -0.05) is 42.5 Å². The summed E-state index contributed by atoms with van der Waals surface area (Å²) in [5.41, 5.74) is 6.59. The quantitative estimate of drug-likeness (QED) is 0.183. The van der Waals surface area contributed by atoms with E-state index in [2.05, 4.69) is 10.1 Å². The number of rotatable bonds is 7. The topological polar surface area (TPSA) is 197 Å². The lowest BCUT2D eigenvalue weighted by atomic mass is 9.95. The lowest BCUT2D eigenvalue weighted by molar-refractivity contribution is -0.161. The average molecular weight is 554 g/mol. The highest BCUT2D eigenvalue weighted by Gasteiger charge is 2.64. The van der Waals surface area contributed by atoms with Gasteiger partial charge in [0.1, 0.15) is 34.1 Å². The molecule has 0 aliphatic carbocycles. The van der Waals surface area contributed by atoms with E-state index >= 15 is 0 Å². The van der Waals surface area contributed by atoms with Crippen LogP contribution < -0.4 is 15.8 Å². The number of amides is 2. The Morgan fingerprint density at radius 2 is 1.76 bits per heavy atom. The van der Waals surface area contributed by atoms with Gasteiger partial charge in [0.05, 0.1) is 0 Å². The Morgan fingerprint density at radius 3 is 2.32 bits per heavy atom. The Bertz CT molecular complexity index is 1270. The van der Waals surface area contributed by atoms with Gasteiger partial charge >= 0.3 is 5.97 Å². The molecule has 2 amide bonds. The smallest absolute Gasteiger partial charge is 0.327 e. The van der Waals surface area contributed by atoms with Crippen molar-refractivity contribution in [2.75, 3.05) is 6.79 Å². The number of hydrogen-bond acceptors (Lipinski definition) is 9. The van der Waals surface area contributed by atoms with Crippen LogP contribution in [-0.4, -0.2) is 74.9 Å². The minimum atomic E-state index is -4.29. The number of aliphatic hydroxyl groups is 1. The zero-order valence-electron chi connectivity index (χ0n) is 19.8. The third kappa shape index (κ3) is 6.05. The van der Waals surface area contributed by atoms with E-state index in [1.165, 1.54) is 40.9 Å². The molecule has 2 heterocycles. The van der Waals surface area contributed by atoms with Crippen molar-refractivity contribution in [3.63, 3.8) is 0 Å². The number of nitrogens with two attached hydrogens (primary N) is 1. The predicted octanol–water partition coefficient (Wildman–Crippen LogP) is 0.580. The van der Waals surface area contributed by atoms with Gasteiger partial charge in [-0.05, 0) is 31.5 Å². The molecule has 2 aromatic rings. The lowest BCUT2D eigenvalue weighted by Crippen LogP contribution is -2.71. The third-order valence-corrected chi connectivity index (χ3v) is 8.23. The number of aliphatic hydroxyl groups excluding tert-OH is 1. The molecule has 2 saturated heterocycles. The number of hydrogen-bond donors (Lipinski definition) is 5. The SMILES string of the molecule is CC1(C)S[C@@H]2[C@H](NC(=O)[C@H](N)c3ccccc3)C(=O)N2[C@H]1C(=O)O.O=S(=O)(O)c1ccccc1OCO. The number of benzene rings is 2. The number of carbonyl (C=O) groups excluding carboxylic acids is 2. The number of aliphatic carboxylic acids is 1. The van der Waals surface area contributed by atoms with Crippen molar-refractivity contribution >= 4 is 39.7 Å². The van der Waals surface area contributed by atoms with Crippen LogP contribution in [0.1, 0.15) is 25.5 Å². The van der Waals surface area contributed by atoms with E-state index in [-0.39, 0.29) is 21.9 Å². The standard InChI is InChI=1S/C16H19N3O4S.C7H8O5S/c1-16(2)11(15(22)23)19-13(21)10(14(19)24-16)18-12(20)9(17)8-6-4-3-5-7-8;8-5-12-6-3-1-2-4-7(6)13(9,10)11/h3-7,9-11,14H,17H2,1-2H3,(H,18,20)(H,22,23);1-4,8H,5H2,(H,9,10,11)/t9-,10-,11+,14-;/m1./s1. The van der Waals surface area contributed by atoms with Gasteiger partial charge in [-0.25, -0.2) is 4.79 Å². The van der Waals surface area contributed by atoms with E-state index < -0.39 is 51.7 Å². The summed E-state index contributed by atoms with van der Waals surface area (Å²) in [4.78, 5) is 37.1. The van der Waals surface area contributed by atoms with Crippen LogP contribution in [0.5, 0.6) is 5.75 Å². The molecule has 14 heteroatoms. The molecule has 2 aliphatic rings. The molecule has 0 radical (unpaired) electrons. The number of carbonyl (C=O) groups is 3. The first-order valence-corrected chi connectivity index (χ1v) is 13.3. The zero-order chi connectivity index (χ0) is 27.5. The number of carboxylic acid groups (broad SMARTS) is 1. The number of nitrogens with one attached hydrogen (secondary N) is 1. The van der Waals surface area contributed by atoms with Gasteiger partial charge in [-0.3, -0.25) is 14.1 Å². The molecule has 2 aromatic carbocycles. The van der Waals surface area contributed by atoms with E-state index in [4.69, 9.17) is 15.4 Å². The van der Waals surface area contributed by atoms with Crippen molar-refractivity contribution in [3.05, 3.63) is 60.2 Å². The summed E-state index contributed by atoms with van der Waals surface area (Å²) < 4.78 is 34.1. The van der Waals surface area contributed by atoms with E-state index in [9.17, 15) is 27.9 Å². The lowest BCUT2D eigenvalue weighted by Gasteiger charge is -2.43. The largest absolute Gasteiger partial charge is 0.480 e. The maximum absolute atomic E-state index is 12.3. The fourth-order valence-electron chi connectivity index (χ4n) is 4.05. The fraction of sp³-hybridized carbons (Fsp3) is 0.348. The van der Waals surface area contributed by atoms with Crippen molar-refractivity contribution in [3.8, 4) is 5.75 Å². The molecule has 0 bridgehead atoms. The first kappa shape index (κ1) is 28.4. The summed E-state index contributed by atoms with van der Waals surface area (Å²) in [6, 6.07) is 11.9. The highest BCUT2D eigenvalue weighted by atomic mass is 32.2. The van der Waals surface area contributed by atoms with Gasteiger partial charge in [-0.2, -0.15) is 8.42 Å². The normalized spacial score (nSPS) is 22.6. The van der Waals surface area contributed by atoms with Crippen LogP contribution in [0.15, 0.2) is 59.5 Å². The van der Waals surface area contributed by atoms with E-state index in [0.717, 1.165) is 0 Å². The predicted molar refractivity (Wildman–Crippen MR) is 133 cm³/mol. The maximum Gasteiger partial charge on any atom is 0.327 e. The maximum atomic E-state index is 12.3. The number of carboxylic acids is 1. The summed E-state index contributed by atoms with van der Waals surface area (Å²) >= 11 is 1.38. The molecular weight excluding hydrogens is 526 g/mol. The minimum absolute atomic E-state index is 0.0764. The van der Waals surface area contributed by atoms with Gasteiger partial charge in [0, 0.05) is 4.75 Å². The van der Waals surface area contributed by atoms with Crippen molar-refractivity contribution < 1.29 is 42.3 Å². The van der Waals surface area contributed by atoms with Gasteiger partial charge in [0.15, 0.2) is 6.79 Å². The molecule has 4 rings (SSSR count). The molecule has 0 saturated carbocycles. The van der Waals surface area contributed by atoms with Crippen LogP contribution in [0.2, 0.25) is 0 Å². The highest BCUT2D eigenvalue weighted by molar-refractivity contribution is 8.01. The number of thioether (sulfide) groups is 1. The number of β-lactam (4-membered cyclic amide) rings is 1. The number of ether oxygens (including phenoxy) is 1. The molecule has 6 N–H and O–H groups in total. The second-order valence-electron chi connectivity index (χ2n) is 8.67. The number of para-hydroxylation sites is 1. The molecule has 2 aliphatic heterocycles.